The first-order valence-corrected chi connectivity index (χ1v) is 7.09. The van der Waals surface area contributed by atoms with Crippen molar-refractivity contribution in [3.63, 3.8) is 0 Å². The van der Waals surface area contributed by atoms with Crippen LogP contribution in [0.25, 0.3) is 0 Å². The Labute approximate surface area is 115 Å². The van der Waals surface area contributed by atoms with E-state index in [0.29, 0.717) is 18.3 Å². The quantitative estimate of drug-likeness (QED) is 0.914. The van der Waals surface area contributed by atoms with Crippen molar-refractivity contribution in [3.8, 4) is 0 Å². The normalized spacial score (nSPS) is 16.7. The monoisotopic (exact) mass is 312 g/mol. The minimum absolute atomic E-state index is 0.295. The fraction of sp³-hybridized carbons (Fsp3) is 0.500. The van der Waals surface area contributed by atoms with Crippen molar-refractivity contribution in [2.75, 3.05) is 0 Å². The molecule has 0 unspecified atom stereocenters. The predicted octanol–water partition coefficient (Wildman–Crippen LogP) is 4.00. The van der Waals surface area contributed by atoms with Gasteiger partial charge in [0.2, 0.25) is 0 Å². The number of carbonyl (C=O) groups is 1. The van der Waals surface area contributed by atoms with Gasteiger partial charge in [-0.2, -0.15) is 0 Å². The lowest BCUT2D eigenvalue weighted by molar-refractivity contribution is 0.0166. The van der Waals surface area contributed by atoms with Gasteiger partial charge in [0.1, 0.15) is 0 Å². The molecule has 1 aliphatic carbocycles. The van der Waals surface area contributed by atoms with Crippen molar-refractivity contribution >= 4 is 21.9 Å². The summed E-state index contributed by atoms with van der Waals surface area (Å²) in [5, 5.41) is 8.88. The number of aromatic carboxylic acids is 1. The van der Waals surface area contributed by atoms with Gasteiger partial charge in [0.25, 0.3) is 0 Å². The Balaban J connectivity index is 1.94. The molecule has 0 spiro atoms. The largest absolute Gasteiger partial charge is 0.478 e. The molecule has 1 aromatic rings. The van der Waals surface area contributed by atoms with Crippen LogP contribution in [-0.2, 0) is 11.3 Å². The van der Waals surface area contributed by atoms with E-state index in [1.165, 1.54) is 19.3 Å². The van der Waals surface area contributed by atoms with Gasteiger partial charge in [0.05, 0.1) is 18.3 Å². The molecule has 0 saturated heterocycles. The molecule has 1 N–H and O–H groups in total. The van der Waals surface area contributed by atoms with Crippen LogP contribution in [0.4, 0.5) is 0 Å². The van der Waals surface area contributed by atoms with Crippen molar-refractivity contribution in [2.24, 2.45) is 0 Å². The number of carboxylic acids is 1. The Morgan fingerprint density at radius 1 is 1.33 bits per heavy atom. The molecule has 1 aromatic carbocycles. The molecule has 0 aliphatic heterocycles. The summed E-state index contributed by atoms with van der Waals surface area (Å²) in [6, 6.07) is 5.06. The number of rotatable bonds is 4. The van der Waals surface area contributed by atoms with Crippen LogP contribution < -0.4 is 0 Å². The molecule has 3 nitrogen and oxygen atoms in total. The molecule has 1 fully saturated rings. The van der Waals surface area contributed by atoms with Crippen LogP contribution in [0.1, 0.15) is 48.0 Å². The van der Waals surface area contributed by atoms with E-state index in [1.807, 2.05) is 6.07 Å². The molecule has 18 heavy (non-hydrogen) atoms. The third-order valence-electron chi connectivity index (χ3n) is 3.33. The maximum absolute atomic E-state index is 10.8. The first kappa shape index (κ1) is 13.6. The van der Waals surface area contributed by atoms with Crippen LogP contribution in [0, 0.1) is 0 Å². The fourth-order valence-corrected chi connectivity index (χ4v) is 2.73. The molecule has 0 bridgehead atoms. The van der Waals surface area contributed by atoms with Gasteiger partial charge in [-0.1, -0.05) is 41.3 Å². The number of benzene rings is 1. The van der Waals surface area contributed by atoms with Gasteiger partial charge in [-0.25, -0.2) is 4.79 Å². The van der Waals surface area contributed by atoms with E-state index in [4.69, 9.17) is 9.84 Å². The maximum Gasteiger partial charge on any atom is 0.335 e. The summed E-state index contributed by atoms with van der Waals surface area (Å²) < 4.78 is 6.68. The van der Waals surface area contributed by atoms with Gasteiger partial charge < -0.3 is 9.84 Å². The van der Waals surface area contributed by atoms with E-state index in [2.05, 4.69) is 15.9 Å². The molecule has 98 valence electrons. The maximum atomic E-state index is 10.8. The minimum Gasteiger partial charge on any atom is -0.478 e. The second kappa shape index (κ2) is 6.34. The molecule has 1 saturated carbocycles. The van der Waals surface area contributed by atoms with E-state index in [-0.39, 0.29) is 0 Å². The first-order chi connectivity index (χ1) is 8.66. The first-order valence-electron chi connectivity index (χ1n) is 6.30. The zero-order chi connectivity index (χ0) is 13.0. The lowest BCUT2D eigenvalue weighted by atomic mass is 9.98. The number of halogens is 1. The molecule has 2 rings (SSSR count). The SMILES string of the molecule is O=C(O)c1ccc(COC2CCCCC2)c(Br)c1. The zero-order valence-corrected chi connectivity index (χ0v) is 11.8. The van der Waals surface area contributed by atoms with Crippen LogP contribution in [0.3, 0.4) is 0 Å². The highest BCUT2D eigenvalue weighted by Crippen LogP contribution is 2.24. The average molecular weight is 313 g/mol. The summed E-state index contributed by atoms with van der Waals surface area (Å²) in [7, 11) is 0. The molecule has 1 aliphatic rings. The van der Waals surface area contributed by atoms with Crippen molar-refractivity contribution < 1.29 is 14.6 Å². The van der Waals surface area contributed by atoms with E-state index in [9.17, 15) is 4.79 Å². The molecule has 4 heteroatoms. The highest BCUT2D eigenvalue weighted by molar-refractivity contribution is 9.10. The second-order valence-electron chi connectivity index (χ2n) is 4.68. The lowest BCUT2D eigenvalue weighted by Gasteiger charge is -2.22. The van der Waals surface area contributed by atoms with Crippen molar-refractivity contribution in [1.29, 1.82) is 0 Å². The van der Waals surface area contributed by atoms with Crippen LogP contribution in [-0.4, -0.2) is 17.2 Å². The Hall–Kier alpha value is -0.870. The molecule has 0 amide bonds. The Morgan fingerprint density at radius 2 is 2.06 bits per heavy atom. The smallest absolute Gasteiger partial charge is 0.335 e. The summed E-state index contributed by atoms with van der Waals surface area (Å²) in [5.41, 5.74) is 1.30. The fourth-order valence-electron chi connectivity index (χ4n) is 2.24. The van der Waals surface area contributed by atoms with Crippen LogP contribution in [0.15, 0.2) is 22.7 Å². The van der Waals surface area contributed by atoms with Gasteiger partial charge in [-0.15, -0.1) is 0 Å². The topological polar surface area (TPSA) is 46.5 Å². The number of hydrogen-bond acceptors (Lipinski definition) is 2. The van der Waals surface area contributed by atoms with E-state index < -0.39 is 5.97 Å². The van der Waals surface area contributed by atoms with E-state index in [0.717, 1.165) is 22.9 Å². The minimum atomic E-state index is -0.907. The summed E-state index contributed by atoms with van der Waals surface area (Å²) >= 11 is 3.40. The Bertz CT molecular complexity index is 425. The highest BCUT2D eigenvalue weighted by atomic mass is 79.9. The van der Waals surface area contributed by atoms with Crippen molar-refractivity contribution in [1.82, 2.24) is 0 Å². The summed E-state index contributed by atoms with van der Waals surface area (Å²) in [4.78, 5) is 10.8. The van der Waals surface area contributed by atoms with E-state index >= 15 is 0 Å². The molecule has 0 radical (unpaired) electrons. The van der Waals surface area contributed by atoms with Gasteiger partial charge in [-0.05, 0) is 30.5 Å². The third kappa shape index (κ3) is 3.56. The molecule has 0 aromatic heterocycles. The average Bonchev–Trinajstić information content (AvgIpc) is 2.38. The summed E-state index contributed by atoms with van der Waals surface area (Å²) in [6.07, 6.45) is 6.48. The van der Waals surface area contributed by atoms with Crippen LogP contribution in [0.2, 0.25) is 0 Å². The van der Waals surface area contributed by atoms with Crippen molar-refractivity contribution in [2.45, 2.75) is 44.8 Å². The summed E-state index contributed by atoms with van der Waals surface area (Å²) in [6.45, 7) is 0.547. The lowest BCUT2D eigenvalue weighted by Crippen LogP contribution is -2.16. The van der Waals surface area contributed by atoms with Crippen LogP contribution >= 0.6 is 15.9 Å². The number of ether oxygens (including phenoxy) is 1. The molecular weight excluding hydrogens is 296 g/mol. The van der Waals surface area contributed by atoms with Gasteiger partial charge in [0.15, 0.2) is 0 Å². The van der Waals surface area contributed by atoms with Gasteiger partial charge in [-0.3, -0.25) is 0 Å². The zero-order valence-electron chi connectivity index (χ0n) is 10.2. The van der Waals surface area contributed by atoms with Crippen molar-refractivity contribution in [3.05, 3.63) is 33.8 Å². The molecular formula is C14H17BrO3. The number of carboxylic acid groups (broad SMARTS) is 1. The van der Waals surface area contributed by atoms with Gasteiger partial charge >= 0.3 is 5.97 Å². The highest BCUT2D eigenvalue weighted by Gasteiger charge is 2.14. The Kier molecular flexibility index (Phi) is 4.78. The number of hydrogen-bond donors (Lipinski definition) is 1. The predicted molar refractivity (Wildman–Crippen MR) is 72.8 cm³/mol. The molecule has 0 heterocycles. The third-order valence-corrected chi connectivity index (χ3v) is 4.06. The van der Waals surface area contributed by atoms with Crippen LogP contribution in [0.5, 0.6) is 0 Å². The molecule has 0 atom stereocenters. The van der Waals surface area contributed by atoms with E-state index in [1.54, 1.807) is 12.1 Å². The standard InChI is InChI=1S/C14H17BrO3/c15-13-8-10(14(16)17)6-7-11(13)9-18-12-4-2-1-3-5-12/h6-8,12H,1-5,9H2,(H,16,17). The summed E-state index contributed by atoms with van der Waals surface area (Å²) in [5.74, 6) is -0.907. The van der Waals surface area contributed by atoms with Gasteiger partial charge in [0, 0.05) is 4.47 Å². The second-order valence-corrected chi connectivity index (χ2v) is 5.54. The Morgan fingerprint density at radius 3 is 2.67 bits per heavy atom.